The SMILES string of the molecule is C=C(C)C(=O)OCC(C)(C)C1OCC(C)(C)CO1. The lowest BCUT2D eigenvalue weighted by Crippen LogP contribution is -2.46. The third-order valence-corrected chi connectivity index (χ3v) is 2.81. The predicted molar refractivity (Wildman–Crippen MR) is 69.0 cm³/mol. The van der Waals surface area contributed by atoms with Crippen LogP contribution in [0.15, 0.2) is 12.2 Å². The maximum atomic E-state index is 11.4. The number of carbonyl (C=O) groups excluding carboxylic acids is 1. The van der Waals surface area contributed by atoms with Crippen molar-refractivity contribution in [2.75, 3.05) is 19.8 Å². The minimum Gasteiger partial charge on any atom is -0.462 e. The van der Waals surface area contributed by atoms with Gasteiger partial charge in [-0.15, -0.1) is 0 Å². The topological polar surface area (TPSA) is 44.8 Å². The van der Waals surface area contributed by atoms with Crippen LogP contribution in [0.5, 0.6) is 0 Å². The maximum absolute atomic E-state index is 11.4. The highest BCUT2D eigenvalue weighted by Gasteiger charge is 2.38. The average molecular weight is 256 g/mol. The van der Waals surface area contributed by atoms with E-state index in [1.54, 1.807) is 6.92 Å². The lowest BCUT2D eigenvalue weighted by Gasteiger charge is -2.41. The minimum atomic E-state index is -0.376. The Balaban J connectivity index is 2.49. The first-order chi connectivity index (χ1) is 8.14. The summed E-state index contributed by atoms with van der Waals surface area (Å²) in [5.41, 5.74) is 0.0696. The van der Waals surface area contributed by atoms with Gasteiger partial charge in [0.25, 0.3) is 0 Å². The van der Waals surface area contributed by atoms with E-state index >= 15 is 0 Å². The molecule has 0 unspecified atom stereocenters. The molecule has 18 heavy (non-hydrogen) atoms. The van der Waals surface area contributed by atoms with E-state index in [0.29, 0.717) is 18.8 Å². The van der Waals surface area contributed by atoms with Crippen LogP contribution < -0.4 is 0 Å². The van der Waals surface area contributed by atoms with Crippen molar-refractivity contribution in [2.45, 2.75) is 40.9 Å². The summed E-state index contributed by atoms with van der Waals surface area (Å²) in [7, 11) is 0. The van der Waals surface area contributed by atoms with Crippen LogP contribution in [0.3, 0.4) is 0 Å². The summed E-state index contributed by atoms with van der Waals surface area (Å²) in [6.45, 7) is 14.8. The van der Waals surface area contributed by atoms with Crippen molar-refractivity contribution < 1.29 is 19.0 Å². The molecule has 0 radical (unpaired) electrons. The molecule has 1 aliphatic rings. The molecule has 0 aromatic heterocycles. The molecule has 4 heteroatoms. The second-order valence-electron chi connectivity index (χ2n) is 6.46. The van der Waals surface area contributed by atoms with Gasteiger partial charge in [0, 0.05) is 16.4 Å². The Bertz CT molecular complexity index is 321. The first kappa shape index (κ1) is 15.2. The Labute approximate surface area is 109 Å². The fraction of sp³-hybridized carbons (Fsp3) is 0.786. The van der Waals surface area contributed by atoms with Crippen LogP contribution in [0.4, 0.5) is 0 Å². The summed E-state index contributed by atoms with van der Waals surface area (Å²) < 4.78 is 16.6. The van der Waals surface area contributed by atoms with Crippen molar-refractivity contribution in [3.8, 4) is 0 Å². The standard InChI is InChI=1S/C14H24O4/c1-10(2)11(15)16-9-14(5,6)12-17-7-13(3,4)8-18-12/h12H,1,7-9H2,2-6H3. The third-order valence-electron chi connectivity index (χ3n) is 2.81. The van der Waals surface area contributed by atoms with Gasteiger partial charge in [0.2, 0.25) is 0 Å². The zero-order chi connectivity index (χ0) is 14.0. The number of hydrogen-bond acceptors (Lipinski definition) is 4. The van der Waals surface area contributed by atoms with E-state index in [9.17, 15) is 4.79 Å². The molecule has 0 N–H and O–H groups in total. The van der Waals surface area contributed by atoms with Crippen LogP contribution in [-0.2, 0) is 19.0 Å². The molecule has 0 aromatic carbocycles. The van der Waals surface area contributed by atoms with Gasteiger partial charge in [-0.2, -0.15) is 0 Å². The second-order valence-corrected chi connectivity index (χ2v) is 6.46. The van der Waals surface area contributed by atoms with E-state index in [1.165, 1.54) is 0 Å². The molecule has 1 saturated heterocycles. The first-order valence-electron chi connectivity index (χ1n) is 6.20. The molecule has 1 aliphatic heterocycles. The van der Waals surface area contributed by atoms with Crippen molar-refractivity contribution in [1.29, 1.82) is 0 Å². The number of rotatable bonds is 4. The van der Waals surface area contributed by atoms with Crippen LogP contribution >= 0.6 is 0 Å². The van der Waals surface area contributed by atoms with Gasteiger partial charge >= 0.3 is 5.97 Å². The van der Waals surface area contributed by atoms with Gasteiger partial charge in [-0.3, -0.25) is 0 Å². The number of ether oxygens (including phenoxy) is 3. The molecule has 0 aromatic rings. The summed E-state index contributed by atoms with van der Waals surface area (Å²) in [6.07, 6.45) is -0.344. The van der Waals surface area contributed by atoms with Crippen molar-refractivity contribution in [2.24, 2.45) is 10.8 Å². The molecule has 0 spiro atoms. The second kappa shape index (κ2) is 5.41. The molecule has 0 bridgehead atoms. The highest BCUT2D eigenvalue weighted by molar-refractivity contribution is 5.86. The van der Waals surface area contributed by atoms with E-state index in [0.717, 1.165) is 0 Å². The summed E-state index contributed by atoms with van der Waals surface area (Å²) in [6, 6.07) is 0. The molecule has 0 saturated carbocycles. The Hall–Kier alpha value is -0.870. The largest absolute Gasteiger partial charge is 0.462 e. The lowest BCUT2D eigenvalue weighted by molar-refractivity contribution is -0.268. The maximum Gasteiger partial charge on any atom is 0.333 e. The van der Waals surface area contributed by atoms with Crippen LogP contribution in [0.1, 0.15) is 34.6 Å². The van der Waals surface area contributed by atoms with E-state index in [4.69, 9.17) is 14.2 Å². The molecular formula is C14H24O4. The minimum absolute atomic E-state index is 0.0426. The van der Waals surface area contributed by atoms with Crippen LogP contribution in [-0.4, -0.2) is 32.1 Å². The normalized spacial score (nSPS) is 20.5. The lowest BCUT2D eigenvalue weighted by atomic mass is 9.90. The zero-order valence-electron chi connectivity index (χ0n) is 12.0. The average Bonchev–Trinajstić information content (AvgIpc) is 2.25. The van der Waals surface area contributed by atoms with E-state index < -0.39 is 0 Å². The Morgan fingerprint density at radius 1 is 1.39 bits per heavy atom. The summed E-state index contributed by atoms with van der Waals surface area (Å²) in [5, 5.41) is 0. The third kappa shape index (κ3) is 4.10. The van der Waals surface area contributed by atoms with Gasteiger partial charge in [0.05, 0.1) is 13.2 Å². The number of carbonyl (C=O) groups is 1. The molecule has 1 rings (SSSR count). The van der Waals surface area contributed by atoms with Gasteiger partial charge in [-0.05, 0) is 6.92 Å². The van der Waals surface area contributed by atoms with Crippen LogP contribution in [0, 0.1) is 10.8 Å². The molecular weight excluding hydrogens is 232 g/mol. The van der Waals surface area contributed by atoms with Crippen molar-refractivity contribution in [3.63, 3.8) is 0 Å². The zero-order valence-corrected chi connectivity index (χ0v) is 12.0. The monoisotopic (exact) mass is 256 g/mol. The fourth-order valence-corrected chi connectivity index (χ4v) is 1.59. The summed E-state index contributed by atoms with van der Waals surface area (Å²) >= 11 is 0. The Morgan fingerprint density at radius 2 is 1.89 bits per heavy atom. The molecule has 104 valence electrons. The molecule has 1 fully saturated rings. The van der Waals surface area contributed by atoms with E-state index in [1.807, 2.05) is 13.8 Å². The van der Waals surface area contributed by atoms with Gasteiger partial charge in [-0.25, -0.2) is 4.79 Å². The van der Waals surface area contributed by atoms with E-state index in [2.05, 4.69) is 20.4 Å². The number of hydrogen-bond donors (Lipinski definition) is 0. The smallest absolute Gasteiger partial charge is 0.333 e. The van der Waals surface area contributed by atoms with E-state index in [-0.39, 0.29) is 29.7 Å². The summed E-state index contributed by atoms with van der Waals surface area (Å²) in [4.78, 5) is 11.4. The number of esters is 1. The van der Waals surface area contributed by atoms with Crippen LogP contribution in [0.2, 0.25) is 0 Å². The highest BCUT2D eigenvalue weighted by Crippen LogP contribution is 2.32. The van der Waals surface area contributed by atoms with Gasteiger partial charge in [-0.1, -0.05) is 34.3 Å². The van der Waals surface area contributed by atoms with Crippen molar-refractivity contribution >= 4 is 5.97 Å². The van der Waals surface area contributed by atoms with Crippen molar-refractivity contribution in [3.05, 3.63) is 12.2 Å². The van der Waals surface area contributed by atoms with Gasteiger partial charge in [0.15, 0.2) is 6.29 Å². The molecule has 0 amide bonds. The Morgan fingerprint density at radius 3 is 2.33 bits per heavy atom. The summed E-state index contributed by atoms with van der Waals surface area (Å²) in [5.74, 6) is -0.376. The molecule has 0 atom stereocenters. The Kier molecular flexibility index (Phi) is 4.56. The van der Waals surface area contributed by atoms with Crippen LogP contribution in [0.25, 0.3) is 0 Å². The molecule has 4 nitrogen and oxygen atoms in total. The first-order valence-corrected chi connectivity index (χ1v) is 6.20. The van der Waals surface area contributed by atoms with Crippen molar-refractivity contribution in [1.82, 2.24) is 0 Å². The molecule has 1 heterocycles. The quantitative estimate of drug-likeness (QED) is 0.573. The van der Waals surface area contributed by atoms with Gasteiger partial charge < -0.3 is 14.2 Å². The fourth-order valence-electron chi connectivity index (χ4n) is 1.59. The highest BCUT2D eigenvalue weighted by atomic mass is 16.7. The predicted octanol–water partition coefficient (Wildman–Crippen LogP) is 2.53. The van der Waals surface area contributed by atoms with Gasteiger partial charge in [0.1, 0.15) is 6.61 Å². The molecule has 0 aliphatic carbocycles.